The number of alkyl halides is 3. The fraction of sp³-hybridized carbons (Fsp3) is 0.310. The van der Waals surface area contributed by atoms with Gasteiger partial charge in [-0.15, -0.1) is 25.6 Å². The maximum atomic E-state index is 15.2. The van der Waals surface area contributed by atoms with Crippen molar-refractivity contribution in [3.8, 4) is 5.75 Å². The first-order valence-electron chi connectivity index (χ1n) is 13.3. The van der Waals surface area contributed by atoms with Gasteiger partial charge in [0.2, 0.25) is 5.75 Å². The highest BCUT2D eigenvalue weighted by Gasteiger charge is 2.35. The van der Waals surface area contributed by atoms with Gasteiger partial charge < -0.3 is 19.9 Å². The van der Waals surface area contributed by atoms with Gasteiger partial charge in [0.25, 0.3) is 5.91 Å². The van der Waals surface area contributed by atoms with Gasteiger partial charge in [-0.05, 0) is 37.1 Å². The summed E-state index contributed by atoms with van der Waals surface area (Å²) in [7, 11) is 0. The number of nitrogens with zero attached hydrogens (tertiary/aromatic N) is 4. The van der Waals surface area contributed by atoms with Gasteiger partial charge in [-0.3, -0.25) is 9.20 Å². The summed E-state index contributed by atoms with van der Waals surface area (Å²) in [4.78, 5) is 20.7. The first-order chi connectivity index (χ1) is 20.3. The van der Waals surface area contributed by atoms with Crippen LogP contribution in [0.3, 0.4) is 0 Å². The average Bonchev–Trinajstić information content (AvgIpc) is 3.31. The molecule has 4 aromatic rings. The predicted molar refractivity (Wildman–Crippen MR) is 151 cm³/mol. The Morgan fingerprint density at radius 3 is 2.34 bits per heavy atom. The van der Waals surface area contributed by atoms with E-state index in [2.05, 4.69) is 15.0 Å². The summed E-state index contributed by atoms with van der Waals surface area (Å²) in [6.45, 7) is 4.30. The highest BCUT2D eigenvalue weighted by molar-refractivity contribution is 5.94. The number of nitrogens with one attached hydrogen (secondary N) is 1. The van der Waals surface area contributed by atoms with E-state index in [0.717, 1.165) is 12.1 Å². The Labute approximate surface area is 253 Å². The van der Waals surface area contributed by atoms with Gasteiger partial charge in [0, 0.05) is 62.3 Å². The van der Waals surface area contributed by atoms with Gasteiger partial charge in [0.15, 0.2) is 11.6 Å². The summed E-state index contributed by atoms with van der Waals surface area (Å²) in [5.74, 6) is -5.97. The first-order valence-corrected chi connectivity index (χ1v) is 13.3. The van der Waals surface area contributed by atoms with E-state index in [1.807, 2.05) is 6.92 Å². The highest BCUT2D eigenvalue weighted by atomic mass is 35.5. The van der Waals surface area contributed by atoms with E-state index in [1.165, 1.54) is 28.8 Å². The molecule has 2 aromatic carbocycles. The van der Waals surface area contributed by atoms with Crippen LogP contribution in [0.1, 0.15) is 35.6 Å². The zero-order valence-electron chi connectivity index (χ0n) is 23.4. The Balaban J connectivity index is 0.00000442. The van der Waals surface area contributed by atoms with Gasteiger partial charge >= 0.3 is 6.36 Å². The van der Waals surface area contributed by atoms with Gasteiger partial charge in [-0.2, -0.15) is 0 Å². The normalized spacial score (nSPS) is 15.3. The quantitative estimate of drug-likeness (QED) is 0.235. The van der Waals surface area contributed by atoms with E-state index in [-0.39, 0.29) is 61.7 Å². The van der Waals surface area contributed by atoms with Crippen LogP contribution in [0.15, 0.2) is 48.7 Å². The van der Waals surface area contributed by atoms with Crippen molar-refractivity contribution < 1.29 is 40.3 Å². The first kappa shape index (κ1) is 32.7. The van der Waals surface area contributed by atoms with Crippen molar-refractivity contribution in [1.29, 1.82) is 0 Å². The second-order valence-corrected chi connectivity index (χ2v) is 10.1. The van der Waals surface area contributed by atoms with Crippen molar-refractivity contribution in [2.45, 2.75) is 39.2 Å². The Morgan fingerprint density at radius 2 is 1.73 bits per heavy atom. The minimum atomic E-state index is -5.25. The molecule has 1 atom stereocenters. The van der Waals surface area contributed by atoms with Crippen LogP contribution in [0, 0.1) is 23.3 Å². The van der Waals surface area contributed by atoms with Crippen molar-refractivity contribution in [3.63, 3.8) is 0 Å². The molecule has 2 aromatic heterocycles. The Hall–Kier alpha value is -4.20. The topological polar surface area (TPSA) is 62.1 Å². The number of imidazole rings is 1. The molecule has 236 valence electrons. The van der Waals surface area contributed by atoms with Crippen LogP contribution in [0.25, 0.3) is 5.65 Å². The largest absolute Gasteiger partial charge is 0.573 e. The Kier molecular flexibility index (Phi) is 9.52. The molecular weight excluding hydrogens is 619 g/mol. The van der Waals surface area contributed by atoms with Gasteiger partial charge in [0.1, 0.15) is 23.0 Å². The summed E-state index contributed by atoms with van der Waals surface area (Å²) < 4.78 is 99.7. The van der Waals surface area contributed by atoms with Gasteiger partial charge in [-0.25, -0.2) is 22.5 Å². The number of amides is 1. The Bertz CT molecular complexity index is 1660. The van der Waals surface area contributed by atoms with Crippen LogP contribution in [0.4, 0.5) is 42.1 Å². The molecule has 1 aliphatic rings. The number of piperazine rings is 1. The van der Waals surface area contributed by atoms with E-state index < -0.39 is 41.3 Å². The number of carbonyl (C=O) groups excluding carboxylic acids is 1. The molecule has 44 heavy (non-hydrogen) atoms. The van der Waals surface area contributed by atoms with E-state index in [0.29, 0.717) is 23.3 Å². The van der Waals surface area contributed by atoms with Crippen LogP contribution >= 0.6 is 12.4 Å². The van der Waals surface area contributed by atoms with Crippen LogP contribution in [-0.2, 0) is 13.0 Å². The molecule has 1 N–H and O–H groups in total. The van der Waals surface area contributed by atoms with Gasteiger partial charge in [0.05, 0.1) is 11.4 Å². The Morgan fingerprint density at radius 1 is 1.02 bits per heavy atom. The highest BCUT2D eigenvalue weighted by Crippen LogP contribution is 2.34. The molecule has 1 amide bonds. The fourth-order valence-electron chi connectivity index (χ4n) is 5.22. The second-order valence-electron chi connectivity index (χ2n) is 10.1. The summed E-state index contributed by atoms with van der Waals surface area (Å²) >= 11 is 0. The van der Waals surface area contributed by atoms with Crippen LogP contribution < -0.4 is 19.9 Å². The molecule has 0 unspecified atom stereocenters. The number of fused-ring (bicyclic) bond motifs is 1. The van der Waals surface area contributed by atoms with Crippen molar-refractivity contribution >= 4 is 35.3 Å². The molecule has 1 saturated heterocycles. The lowest BCUT2D eigenvalue weighted by Gasteiger charge is -2.42. The molecule has 3 heterocycles. The lowest BCUT2D eigenvalue weighted by Crippen LogP contribution is -2.52. The van der Waals surface area contributed by atoms with Crippen LogP contribution in [0.5, 0.6) is 5.75 Å². The minimum absolute atomic E-state index is 0. The number of rotatable bonds is 7. The lowest BCUT2D eigenvalue weighted by atomic mass is 10.1. The number of ether oxygens (including phenoxy) is 1. The van der Waals surface area contributed by atoms with E-state index in [4.69, 9.17) is 0 Å². The van der Waals surface area contributed by atoms with Crippen molar-refractivity contribution in [2.24, 2.45) is 0 Å². The van der Waals surface area contributed by atoms with E-state index >= 15 is 4.39 Å². The van der Waals surface area contributed by atoms with Crippen LogP contribution in [-0.4, -0.2) is 47.3 Å². The maximum absolute atomic E-state index is 15.2. The number of carbonyl (C=O) groups is 1. The number of halogens is 8. The number of hydrogen-bond donors (Lipinski definition) is 1. The zero-order chi connectivity index (χ0) is 31.1. The summed E-state index contributed by atoms with van der Waals surface area (Å²) in [6.07, 6.45) is -3.38. The molecule has 1 fully saturated rings. The maximum Gasteiger partial charge on any atom is 0.573 e. The third kappa shape index (κ3) is 6.79. The minimum Gasteiger partial charge on any atom is -0.399 e. The molecule has 0 bridgehead atoms. The molecule has 0 aliphatic carbocycles. The number of pyridine rings is 1. The smallest absolute Gasteiger partial charge is 0.399 e. The molecule has 0 radical (unpaired) electrons. The summed E-state index contributed by atoms with van der Waals surface area (Å²) in [5.41, 5.74) is 1.87. The number of anilines is 2. The SMILES string of the molecule is CCc1nc2cc(F)ccn2c1C(=O)NCc1ccc(N2CCN(c3cc(F)c(OC(F)(F)F)c(F)c3)[C@@H](C)C2)c(F)c1.Cl. The van der Waals surface area contributed by atoms with Crippen molar-refractivity contribution in [1.82, 2.24) is 14.7 Å². The molecule has 0 saturated carbocycles. The third-order valence-electron chi connectivity index (χ3n) is 7.18. The van der Waals surface area contributed by atoms with E-state index in [1.54, 1.807) is 28.9 Å². The number of benzene rings is 2. The van der Waals surface area contributed by atoms with Gasteiger partial charge in [-0.1, -0.05) is 13.0 Å². The number of hydrogen-bond acceptors (Lipinski definition) is 5. The summed E-state index contributed by atoms with van der Waals surface area (Å²) in [5, 5.41) is 2.75. The lowest BCUT2D eigenvalue weighted by molar-refractivity contribution is -0.276. The van der Waals surface area contributed by atoms with E-state index in [9.17, 15) is 31.1 Å². The molecule has 5 rings (SSSR count). The fourth-order valence-corrected chi connectivity index (χ4v) is 5.22. The monoisotopic (exact) mass is 645 g/mol. The van der Waals surface area contributed by atoms with Crippen molar-refractivity contribution in [3.05, 3.63) is 88.9 Å². The summed E-state index contributed by atoms with van der Waals surface area (Å²) in [6, 6.07) is 8.13. The molecular formula is C29H27ClF7N5O2. The number of aromatic nitrogens is 2. The number of aryl methyl sites for hydroxylation is 1. The molecule has 1 aliphatic heterocycles. The molecule has 15 heteroatoms. The average molecular weight is 646 g/mol. The van der Waals surface area contributed by atoms with Crippen molar-refractivity contribution in [2.75, 3.05) is 29.4 Å². The third-order valence-corrected chi connectivity index (χ3v) is 7.18. The zero-order valence-corrected chi connectivity index (χ0v) is 24.2. The predicted octanol–water partition coefficient (Wildman–Crippen LogP) is 6.42. The molecule has 7 nitrogen and oxygen atoms in total. The van der Waals surface area contributed by atoms with Crippen LogP contribution in [0.2, 0.25) is 0 Å². The molecule has 0 spiro atoms. The standard InChI is InChI=1S/C29H26F7N5O2.ClH/c1-3-23-26(41-7-6-18(30)11-25(41)38-23)28(42)37-14-17-4-5-24(20(31)10-17)39-8-9-40(16(2)15-39)19-12-21(32)27(22(33)13-19)43-29(34,35)36;/h4-7,10-13,16H,3,8-9,14-15H2,1-2H3,(H,37,42);1H/t16-;/m0./s1. The second kappa shape index (κ2) is 12.8.